The van der Waals surface area contributed by atoms with Gasteiger partial charge in [0.15, 0.2) is 6.23 Å². The Morgan fingerprint density at radius 2 is 1.81 bits per heavy atom. The SMILES string of the molecule is NOc1ccc(C(=O)NCC#Cc2cn(C3OC(OOP(=O)(O)OP(=O)(O)OP(=O)(O)O)C(O)C3O)c(=O)nc2N)cn1. The Morgan fingerprint density at radius 3 is 2.42 bits per heavy atom. The summed E-state index contributed by atoms with van der Waals surface area (Å²) in [4.78, 5) is 76.3. The van der Waals surface area contributed by atoms with E-state index in [0.29, 0.717) is 4.57 Å². The predicted octanol–water partition coefficient (Wildman–Crippen LogP) is -2.89. The van der Waals surface area contributed by atoms with Crippen LogP contribution in [0.2, 0.25) is 0 Å². The van der Waals surface area contributed by atoms with Crippen LogP contribution in [0.5, 0.6) is 5.88 Å². The van der Waals surface area contributed by atoms with Gasteiger partial charge in [0.2, 0.25) is 12.2 Å². The number of aliphatic hydroxyl groups excluding tert-OH is 2. The topological polar surface area (TPSA) is 357 Å². The molecule has 0 spiro atoms. The summed E-state index contributed by atoms with van der Waals surface area (Å²) in [6.07, 6.45) is -5.92. The van der Waals surface area contributed by atoms with E-state index < -0.39 is 59.8 Å². The first kappa shape index (κ1) is 34.4. The fraction of sp³-hybridized carbons (Fsp3) is 0.294. The zero-order chi connectivity index (χ0) is 32.2. The van der Waals surface area contributed by atoms with Crippen LogP contribution in [0.4, 0.5) is 5.82 Å². The highest BCUT2D eigenvalue weighted by Crippen LogP contribution is 2.66. The van der Waals surface area contributed by atoms with Crippen molar-refractivity contribution >= 4 is 35.2 Å². The van der Waals surface area contributed by atoms with E-state index in [0.717, 1.165) is 6.20 Å². The lowest BCUT2D eigenvalue weighted by atomic mass is 10.2. The van der Waals surface area contributed by atoms with E-state index in [4.69, 9.17) is 31.0 Å². The van der Waals surface area contributed by atoms with Crippen molar-refractivity contribution in [3.63, 3.8) is 0 Å². The highest BCUT2D eigenvalue weighted by molar-refractivity contribution is 7.66. The zero-order valence-corrected chi connectivity index (χ0v) is 23.5. The van der Waals surface area contributed by atoms with Gasteiger partial charge in [-0.2, -0.15) is 24.4 Å². The number of amides is 1. The van der Waals surface area contributed by atoms with Gasteiger partial charge in [-0.25, -0.2) is 23.5 Å². The van der Waals surface area contributed by atoms with Gasteiger partial charge in [0.25, 0.3) is 5.91 Å². The summed E-state index contributed by atoms with van der Waals surface area (Å²) in [6.45, 7) is -0.218. The van der Waals surface area contributed by atoms with Crippen molar-refractivity contribution in [1.29, 1.82) is 0 Å². The number of aliphatic hydroxyl groups is 2. The highest BCUT2D eigenvalue weighted by Gasteiger charge is 2.48. The van der Waals surface area contributed by atoms with Crippen molar-refractivity contribution in [2.75, 3.05) is 12.3 Å². The molecule has 3 heterocycles. The molecule has 11 N–H and O–H groups in total. The number of carbonyl (C=O) groups is 1. The van der Waals surface area contributed by atoms with Gasteiger partial charge >= 0.3 is 29.2 Å². The number of anilines is 1. The Labute approximate surface area is 238 Å². The molecule has 0 saturated carbocycles. The number of hydrogen-bond acceptors (Lipinski definition) is 17. The van der Waals surface area contributed by atoms with Crippen LogP contribution in [-0.2, 0) is 36.6 Å². The molecule has 1 aliphatic rings. The number of rotatable bonds is 11. The number of phosphoric acid groups is 3. The Morgan fingerprint density at radius 1 is 1.12 bits per heavy atom. The van der Waals surface area contributed by atoms with Gasteiger partial charge in [-0.1, -0.05) is 11.8 Å². The lowest BCUT2D eigenvalue weighted by Crippen LogP contribution is -2.36. The van der Waals surface area contributed by atoms with Crippen LogP contribution in [-0.4, -0.2) is 75.3 Å². The van der Waals surface area contributed by atoms with Gasteiger partial charge in [-0.05, 0) is 6.07 Å². The minimum Gasteiger partial charge on any atom is -0.391 e. The van der Waals surface area contributed by atoms with Crippen molar-refractivity contribution in [2.24, 2.45) is 5.90 Å². The molecule has 236 valence electrons. The molecule has 0 aliphatic carbocycles. The molecule has 2 aromatic rings. The highest BCUT2D eigenvalue weighted by atomic mass is 31.3. The normalized spacial score (nSPS) is 23.0. The monoisotopic (exact) mass is 674 g/mol. The fourth-order valence-corrected chi connectivity index (χ4v) is 5.85. The molecule has 1 aliphatic heterocycles. The molecule has 0 radical (unpaired) electrons. The number of carbonyl (C=O) groups excluding carboxylic acids is 1. The standard InChI is InChI=1S/C17H21N6O17P3/c18-13-9(2-1-5-20-14(26)8-3-4-10(36-19)21-6-8)7-23(17(27)22-13)15-11(24)12(25)16(35-15)37-38-42(31,32)40-43(33,34)39-41(28,29)30/h3-4,6-7,11-12,15-16,24-25H,5,19H2,(H,20,26)(H,31,32)(H,33,34)(H2,18,22,27)(H2,28,29,30). The minimum absolute atomic E-state index is 0.0792. The van der Waals surface area contributed by atoms with E-state index in [-0.39, 0.29) is 29.4 Å². The molecule has 26 heteroatoms. The molecule has 43 heavy (non-hydrogen) atoms. The summed E-state index contributed by atoms with van der Waals surface area (Å²) in [6, 6.07) is 2.74. The first-order valence-corrected chi connectivity index (χ1v) is 15.4. The lowest BCUT2D eigenvalue weighted by Gasteiger charge is -2.18. The van der Waals surface area contributed by atoms with Crippen molar-refractivity contribution in [3.05, 3.63) is 46.1 Å². The molecule has 23 nitrogen and oxygen atoms in total. The maximum Gasteiger partial charge on any atom is 0.508 e. The third kappa shape index (κ3) is 9.68. The Balaban J connectivity index is 1.67. The van der Waals surface area contributed by atoms with Crippen LogP contribution in [0, 0.1) is 11.8 Å². The molecule has 1 saturated heterocycles. The largest absolute Gasteiger partial charge is 0.508 e. The second-order valence-corrected chi connectivity index (χ2v) is 12.2. The van der Waals surface area contributed by atoms with Crippen LogP contribution in [0.3, 0.4) is 0 Å². The maximum absolute atomic E-state index is 12.4. The van der Waals surface area contributed by atoms with E-state index in [1.54, 1.807) is 0 Å². The number of ether oxygens (including phenoxy) is 1. The fourth-order valence-electron chi connectivity index (χ4n) is 3.04. The second-order valence-electron chi connectivity index (χ2n) is 7.86. The predicted molar refractivity (Wildman–Crippen MR) is 133 cm³/mol. The van der Waals surface area contributed by atoms with Gasteiger partial charge < -0.3 is 50.4 Å². The average molecular weight is 674 g/mol. The molecule has 1 fully saturated rings. The zero-order valence-electron chi connectivity index (χ0n) is 20.8. The van der Waals surface area contributed by atoms with E-state index in [2.05, 4.69) is 50.1 Å². The van der Waals surface area contributed by atoms with E-state index in [1.807, 2.05) is 0 Å². The third-order valence-electron chi connectivity index (χ3n) is 4.78. The molecular formula is C17H21N6O17P3. The molecule has 0 bridgehead atoms. The van der Waals surface area contributed by atoms with Crippen molar-refractivity contribution in [2.45, 2.75) is 24.7 Å². The number of aromatic nitrogens is 3. The van der Waals surface area contributed by atoms with E-state index in [1.165, 1.54) is 18.3 Å². The van der Waals surface area contributed by atoms with Gasteiger partial charge in [0.1, 0.15) is 18.0 Å². The lowest BCUT2D eigenvalue weighted by molar-refractivity contribution is -0.340. The number of nitrogens with two attached hydrogens (primary N) is 2. The Kier molecular flexibility index (Phi) is 10.9. The quantitative estimate of drug-likeness (QED) is 0.0499. The van der Waals surface area contributed by atoms with Crippen LogP contribution in [0.25, 0.3) is 0 Å². The van der Waals surface area contributed by atoms with Crippen LogP contribution >= 0.6 is 23.5 Å². The number of hydrogen-bond donors (Lipinski definition) is 9. The Bertz CT molecular complexity index is 1600. The number of nitrogen functional groups attached to an aromatic ring is 1. The first-order chi connectivity index (χ1) is 19.9. The van der Waals surface area contributed by atoms with E-state index >= 15 is 0 Å². The third-order valence-corrected chi connectivity index (χ3v) is 8.38. The van der Waals surface area contributed by atoms with Gasteiger partial charge in [0, 0.05) is 18.5 Å². The number of nitrogens with one attached hydrogen (secondary N) is 1. The first-order valence-electron chi connectivity index (χ1n) is 10.9. The smallest absolute Gasteiger partial charge is 0.391 e. The van der Waals surface area contributed by atoms with Crippen molar-refractivity contribution in [1.82, 2.24) is 19.9 Å². The molecule has 3 rings (SSSR count). The summed E-state index contributed by atoms with van der Waals surface area (Å²) in [5.74, 6) is 9.19. The van der Waals surface area contributed by atoms with Crippen LogP contribution in [0.15, 0.2) is 29.3 Å². The van der Waals surface area contributed by atoms with Crippen molar-refractivity contribution < 1.29 is 76.0 Å². The summed E-state index contributed by atoms with van der Waals surface area (Å²) >= 11 is 0. The molecule has 0 aromatic carbocycles. The van der Waals surface area contributed by atoms with Gasteiger partial charge in [-0.15, -0.1) is 4.67 Å². The van der Waals surface area contributed by atoms with Gasteiger partial charge in [0.05, 0.1) is 17.7 Å². The number of pyridine rings is 1. The Hall–Kier alpha value is -3.13. The number of nitrogens with zero attached hydrogens (tertiary/aromatic N) is 3. The summed E-state index contributed by atoms with van der Waals surface area (Å²) in [5.41, 5.74) is 4.63. The summed E-state index contributed by atoms with van der Waals surface area (Å²) in [7, 11) is -17.3. The molecule has 1 amide bonds. The molecule has 6 atom stereocenters. The average Bonchev–Trinajstić information content (AvgIpc) is 3.17. The van der Waals surface area contributed by atoms with Crippen LogP contribution in [0.1, 0.15) is 22.1 Å². The van der Waals surface area contributed by atoms with Gasteiger partial charge in [-0.3, -0.25) is 9.36 Å². The molecule has 2 aromatic heterocycles. The molecule has 6 unspecified atom stereocenters. The van der Waals surface area contributed by atoms with Crippen LogP contribution < -0.4 is 27.5 Å². The summed E-state index contributed by atoms with van der Waals surface area (Å²) < 4.78 is 50.4. The minimum atomic E-state index is -5.88. The second kappa shape index (κ2) is 13.7. The van der Waals surface area contributed by atoms with Crippen molar-refractivity contribution in [3.8, 4) is 17.7 Å². The van der Waals surface area contributed by atoms with E-state index in [9.17, 15) is 38.4 Å². The summed E-state index contributed by atoms with van der Waals surface area (Å²) in [5, 5.41) is 23.0. The maximum atomic E-state index is 12.4. The molecular weight excluding hydrogens is 653 g/mol.